The quantitative estimate of drug-likeness (QED) is 0.321. The van der Waals surface area contributed by atoms with E-state index in [-0.39, 0.29) is 32.1 Å². The summed E-state index contributed by atoms with van der Waals surface area (Å²) in [5.74, 6) is -1.70. The summed E-state index contributed by atoms with van der Waals surface area (Å²) in [4.78, 5) is 21.8. The van der Waals surface area contributed by atoms with E-state index < -0.39 is 47.3 Å². The van der Waals surface area contributed by atoms with Crippen LogP contribution >= 0.6 is 0 Å². The maximum atomic E-state index is 12.8. The van der Waals surface area contributed by atoms with Gasteiger partial charge in [0.2, 0.25) is 0 Å². The molecule has 1 aromatic rings. The summed E-state index contributed by atoms with van der Waals surface area (Å²) >= 11 is 0. The Morgan fingerprint density at radius 1 is 0.862 bits per heavy atom. The minimum absolute atomic E-state index is 0.00352. The van der Waals surface area contributed by atoms with Gasteiger partial charge in [0.25, 0.3) is 0 Å². The Hall–Kier alpha value is -2.46. The molecule has 0 amide bonds. The fourth-order valence-corrected chi connectivity index (χ4v) is 2.34. The van der Waals surface area contributed by atoms with Crippen LogP contribution in [0.4, 0.5) is 26.3 Å². The van der Waals surface area contributed by atoms with Gasteiger partial charge in [-0.15, -0.1) is 0 Å². The molecule has 1 aromatic carbocycles. The highest BCUT2D eigenvalue weighted by Crippen LogP contribution is 2.38. The molecular formula is C18H20F6O5. The standard InChI is InChI=1S/C18H20F6O5/c1-11(25)27-6-3-4-15(29-12(2)26)5-7-28-16-9-13(17(19,20)21)8-14(10-16)18(22,23)24/h8-10,15H,3-7H2,1-2H3/t15-/m1/s1. The second-order valence-corrected chi connectivity index (χ2v) is 6.09. The second kappa shape index (κ2) is 10.4. The SMILES string of the molecule is CC(=O)OCCC[C@H](CCOc1cc(C(F)(F)F)cc(C(F)(F)F)c1)OC(C)=O. The number of alkyl halides is 6. The predicted octanol–water partition coefficient (Wildman–Crippen LogP) is 4.77. The van der Waals surface area contributed by atoms with Crippen molar-refractivity contribution < 1.29 is 50.1 Å². The molecule has 29 heavy (non-hydrogen) atoms. The number of carbonyl (C=O) groups is 2. The van der Waals surface area contributed by atoms with E-state index in [0.29, 0.717) is 18.6 Å². The molecule has 0 unspecified atom stereocenters. The lowest BCUT2D eigenvalue weighted by Crippen LogP contribution is -2.20. The van der Waals surface area contributed by atoms with Crippen LogP contribution in [0.25, 0.3) is 0 Å². The van der Waals surface area contributed by atoms with E-state index in [1.54, 1.807) is 0 Å². The second-order valence-electron chi connectivity index (χ2n) is 6.09. The molecule has 164 valence electrons. The van der Waals surface area contributed by atoms with E-state index in [9.17, 15) is 35.9 Å². The van der Waals surface area contributed by atoms with Crippen LogP contribution in [-0.2, 0) is 31.4 Å². The molecule has 0 saturated heterocycles. The van der Waals surface area contributed by atoms with Crippen molar-refractivity contribution in [1.82, 2.24) is 0 Å². The smallest absolute Gasteiger partial charge is 0.416 e. The molecule has 0 aliphatic carbocycles. The molecular weight excluding hydrogens is 410 g/mol. The zero-order valence-corrected chi connectivity index (χ0v) is 15.7. The van der Waals surface area contributed by atoms with Crippen LogP contribution in [0.15, 0.2) is 18.2 Å². The molecule has 0 bridgehead atoms. The Morgan fingerprint density at radius 2 is 1.41 bits per heavy atom. The molecule has 11 heteroatoms. The lowest BCUT2D eigenvalue weighted by atomic mass is 10.1. The highest BCUT2D eigenvalue weighted by atomic mass is 19.4. The lowest BCUT2D eigenvalue weighted by molar-refractivity contribution is -0.148. The summed E-state index contributed by atoms with van der Waals surface area (Å²) in [7, 11) is 0. The van der Waals surface area contributed by atoms with Gasteiger partial charge in [-0.1, -0.05) is 0 Å². The average Bonchev–Trinajstić information content (AvgIpc) is 2.56. The third-order valence-electron chi connectivity index (χ3n) is 3.58. The molecule has 0 aliphatic heterocycles. The van der Waals surface area contributed by atoms with E-state index in [0.717, 1.165) is 6.92 Å². The average molecular weight is 430 g/mol. The number of ether oxygens (including phenoxy) is 3. The van der Waals surface area contributed by atoms with Crippen LogP contribution in [0, 0.1) is 0 Å². The van der Waals surface area contributed by atoms with Crippen molar-refractivity contribution in [2.75, 3.05) is 13.2 Å². The van der Waals surface area contributed by atoms with Gasteiger partial charge in [-0.25, -0.2) is 0 Å². The van der Waals surface area contributed by atoms with E-state index in [2.05, 4.69) is 0 Å². The van der Waals surface area contributed by atoms with E-state index in [4.69, 9.17) is 14.2 Å². The minimum atomic E-state index is -4.98. The van der Waals surface area contributed by atoms with Crippen LogP contribution in [0.2, 0.25) is 0 Å². The van der Waals surface area contributed by atoms with Crippen LogP contribution in [0.3, 0.4) is 0 Å². The number of hydrogen-bond donors (Lipinski definition) is 0. The van der Waals surface area contributed by atoms with E-state index in [1.165, 1.54) is 6.92 Å². The summed E-state index contributed by atoms with van der Waals surface area (Å²) in [6.45, 7) is 2.17. The Labute approximate surface area is 162 Å². The number of rotatable bonds is 9. The summed E-state index contributed by atoms with van der Waals surface area (Å²) in [6, 6.07) is 0.942. The molecule has 0 aromatic heterocycles. The molecule has 0 heterocycles. The molecule has 0 aliphatic rings. The molecule has 0 fully saturated rings. The summed E-state index contributed by atoms with van der Waals surface area (Å²) in [5.41, 5.74) is -2.97. The van der Waals surface area contributed by atoms with Gasteiger partial charge in [0.15, 0.2) is 0 Å². The molecule has 0 spiro atoms. The van der Waals surface area contributed by atoms with Gasteiger partial charge in [-0.3, -0.25) is 9.59 Å². The lowest BCUT2D eigenvalue weighted by Gasteiger charge is -2.18. The molecule has 1 rings (SSSR count). The van der Waals surface area contributed by atoms with Crippen molar-refractivity contribution in [3.05, 3.63) is 29.3 Å². The van der Waals surface area contributed by atoms with Crippen molar-refractivity contribution >= 4 is 11.9 Å². The zero-order valence-electron chi connectivity index (χ0n) is 15.7. The van der Waals surface area contributed by atoms with E-state index in [1.807, 2.05) is 0 Å². The maximum absolute atomic E-state index is 12.8. The molecule has 0 saturated carbocycles. The van der Waals surface area contributed by atoms with Gasteiger partial charge in [0.1, 0.15) is 11.9 Å². The molecule has 5 nitrogen and oxygen atoms in total. The minimum Gasteiger partial charge on any atom is -0.493 e. The maximum Gasteiger partial charge on any atom is 0.416 e. The summed E-state index contributed by atoms with van der Waals surface area (Å²) in [6.07, 6.45) is -10.0. The van der Waals surface area contributed by atoms with Crippen molar-refractivity contribution in [2.24, 2.45) is 0 Å². The van der Waals surface area contributed by atoms with Gasteiger partial charge < -0.3 is 14.2 Å². The first kappa shape index (κ1) is 24.6. The topological polar surface area (TPSA) is 61.8 Å². The third-order valence-corrected chi connectivity index (χ3v) is 3.58. The number of carbonyl (C=O) groups excluding carboxylic acids is 2. The molecule has 1 atom stereocenters. The number of halogens is 6. The van der Waals surface area contributed by atoms with Crippen molar-refractivity contribution in [2.45, 2.75) is 51.6 Å². The normalized spacial score (nSPS) is 13.0. The number of benzene rings is 1. The van der Waals surface area contributed by atoms with Crippen LogP contribution < -0.4 is 4.74 Å². The Bertz CT molecular complexity index is 667. The highest BCUT2D eigenvalue weighted by molar-refractivity contribution is 5.66. The largest absolute Gasteiger partial charge is 0.493 e. The van der Waals surface area contributed by atoms with Crippen molar-refractivity contribution in [1.29, 1.82) is 0 Å². The Balaban J connectivity index is 2.77. The third kappa shape index (κ3) is 9.53. The van der Waals surface area contributed by atoms with Crippen LogP contribution in [-0.4, -0.2) is 31.3 Å². The Morgan fingerprint density at radius 3 is 1.86 bits per heavy atom. The summed E-state index contributed by atoms with van der Waals surface area (Å²) in [5, 5.41) is 0. The highest BCUT2D eigenvalue weighted by Gasteiger charge is 2.37. The predicted molar refractivity (Wildman–Crippen MR) is 88.0 cm³/mol. The van der Waals surface area contributed by atoms with E-state index >= 15 is 0 Å². The van der Waals surface area contributed by atoms with Gasteiger partial charge in [-0.05, 0) is 31.0 Å². The Kier molecular flexibility index (Phi) is 8.78. The molecule has 0 N–H and O–H groups in total. The van der Waals surface area contributed by atoms with Crippen LogP contribution in [0.5, 0.6) is 5.75 Å². The van der Waals surface area contributed by atoms with Crippen molar-refractivity contribution in [3.63, 3.8) is 0 Å². The van der Waals surface area contributed by atoms with Gasteiger partial charge in [0, 0.05) is 20.3 Å². The monoisotopic (exact) mass is 430 g/mol. The fraction of sp³-hybridized carbons (Fsp3) is 0.556. The first-order valence-corrected chi connectivity index (χ1v) is 8.52. The fourth-order valence-electron chi connectivity index (χ4n) is 2.34. The first-order chi connectivity index (χ1) is 13.3. The zero-order chi connectivity index (χ0) is 22.2. The molecule has 0 radical (unpaired) electrons. The van der Waals surface area contributed by atoms with Crippen molar-refractivity contribution in [3.8, 4) is 5.75 Å². The number of esters is 2. The first-order valence-electron chi connectivity index (χ1n) is 8.52. The van der Waals surface area contributed by atoms with Gasteiger partial charge in [0.05, 0.1) is 24.3 Å². The number of hydrogen-bond acceptors (Lipinski definition) is 5. The summed E-state index contributed by atoms with van der Waals surface area (Å²) < 4.78 is 91.9. The van der Waals surface area contributed by atoms with Crippen LogP contribution in [0.1, 0.15) is 44.2 Å². The van der Waals surface area contributed by atoms with Gasteiger partial charge in [-0.2, -0.15) is 26.3 Å². The van der Waals surface area contributed by atoms with Gasteiger partial charge >= 0.3 is 24.3 Å².